The first-order valence-corrected chi connectivity index (χ1v) is 5.96. The third-order valence-electron chi connectivity index (χ3n) is 2.72. The van der Waals surface area contributed by atoms with Crippen molar-refractivity contribution in [2.75, 3.05) is 18.2 Å². The van der Waals surface area contributed by atoms with Crippen LogP contribution in [0.15, 0.2) is 48.5 Å². The summed E-state index contributed by atoms with van der Waals surface area (Å²) >= 11 is 0. The highest BCUT2D eigenvalue weighted by Gasteiger charge is 2.05. The zero-order valence-electron chi connectivity index (χ0n) is 10.7. The van der Waals surface area contributed by atoms with Gasteiger partial charge in [-0.1, -0.05) is 30.3 Å². The minimum atomic E-state index is -0.0734. The predicted octanol–water partition coefficient (Wildman–Crippen LogP) is 2.46. The Balaban J connectivity index is 2.01. The third-order valence-corrected chi connectivity index (χ3v) is 2.72. The van der Waals surface area contributed by atoms with Crippen LogP contribution in [0.5, 0.6) is 5.75 Å². The Bertz CT molecular complexity index is 568. The monoisotopic (exact) mass is 256 g/mol. The number of hydrogen-bond donors (Lipinski definition) is 2. The van der Waals surface area contributed by atoms with Gasteiger partial charge in [-0.05, 0) is 23.8 Å². The summed E-state index contributed by atoms with van der Waals surface area (Å²) in [5.74, 6) is 0.525. The third kappa shape index (κ3) is 3.48. The van der Waals surface area contributed by atoms with Crippen LogP contribution < -0.4 is 15.8 Å². The van der Waals surface area contributed by atoms with Crippen LogP contribution >= 0.6 is 0 Å². The Hall–Kier alpha value is -2.49. The molecule has 19 heavy (non-hydrogen) atoms. The first-order valence-electron chi connectivity index (χ1n) is 5.96. The molecule has 0 bridgehead atoms. The molecule has 0 atom stereocenters. The second-order valence-electron chi connectivity index (χ2n) is 4.17. The lowest BCUT2D eigenvalue weighted by Gasteiger charge is -2.08. The van der Waals surface area contributed by atoms with Crippen molar-refractivity contribution in [3.63, 3.8) is 0 Å². The van der Waals surface area contributed by atoms with E-state index in [1.54, 1.807) is 25.3 Å². The number of carbonyl (C=O) groups excluding carboxylic acids is 1. The van der Waals surface area contributed by atoms with E-state index in [0.717, 1.165) is 5.56 Å². The number of amides is 1. The number of nitrogens with two attached hydrogens (primary N) is 1. The van der Waals surface area contributed by atoms with Crippen molar-refractivity contribution >= 4 is 17.3 Å². The van der Waals surface area contributed by atoms with Crippen molar-refractivity contribution < 1.29 is 9.53 Å². The van der Waals surface area contributed by atoms with Crippen molar-refractivity contribution in [2.45, 2.75) is 6.42 Å². The maximum atomic E-state index is 11.9. The molecule has 0 fully saturated rings. The van der Waals surface area contributed by atoms with Gasteiger partial charge >= 0.3 is 0 Å². The van der Waals surface area contributed by atoms with Gasteiger partial charge in [0.15, 0.2) is 0 Å². The zero-order valence-corrected chi connectivity index (χ0v) is 10.7. The number of benzene rings is 2. The summed E-state index contributed by atoms with van der Waals surface area (Å²) in [7, 11) is 1.55. The average molecular weight is 256 g/mol. The standard InChI is InChI=1S/C15H16N2O2/c1-19-14-8-7-12(10-13(14)16)17-15(18)9-11-5-3-2-4-6-11/h2-8,10H,9,16H2,1H3,(H,17,18). The summed E-state index contributed by atoms with van der Waals surface area (Å²) in [6, 6.07) is 14.8. The molecule has 0 spiro atoms. The number of anilines is 2. The Morgan fingerprint density at radius 3 is 2.58 bits per heavy atom. The van der Waals surface area contributed by atoms with Crippen LogP contribution in [-0.2, 0) is 11.2 Å². The number of ether oxygens (including phenoxy) is 1. The minimum Gasteiger partial charge on any atom is -0.495 e. The molecular weight excluding hydrogens is 240 g/mol. The largest absolute Gasteiger partial charge is 0.495 e. The Kier molecular flexibility index (Phi) is 4.03. The molecule has 0 aliphatic heterocycles. The highest BCUT2D eigenvalue weighted by atomic mass is 16.5. The lowest BCUT2D eigenvalue weighted by Crippen LogP contribution is -2.14. The van der Waals surface area contributed by atoms with Crippen LogP contribution in [0, 0.1) is 0 Å². The second-order valence-corrected chi connectivity index (χ2v) is 4.17. The quantitative estimate of drug-likeness (QED) is 0.826. The number of carbonyl (C=O) groups is 1. The number of rotatable bonds is 4. The van der Waals surface area contributed by atoms with Crippen LogP contribution in [0.2, 0.25) is 0 Å². The Morgan fingerprint density at radius 1 is 1.21 bits per heavy atom. The summed E-state index contributed by atoms with van der Waals surface area (Å²) in [4.78, 5) is 11.9. The molecule has 0 unspecified atom stereocenters. The van der Waals surface area contributed by atoms with Gasteiger partial charge in [0.25, 0.3) is 0 Å². The van der Waals surface area contributed by atoms with Gasteiger partial charge in [-0.3, -0.25) is 4.79 Å². The van der Waals surface area contributed by atoms with Crippen LogP contribution in [0.1, 0.15) is 5.56 Å². The van der Waals surface area contributed by atoms with E-state index >= 15 is 0 Å². The SMILES string of the molecule is COc1ccc(NC(=O)Cc2ccccc2)cc1N. The number of methoxy groups -OCH3 is 1. The highest BCUT2D eigenvalue weighted by Crippen LogP contribution is 2.24. The highest BCUT2D eigenvalue weighted by molar-refractivity contribution is 5.92. The Labute approximate surface area is 112 Å². The van der Waals surface area contributed by atoms with Crippen molar-refractivity contribution in [2.24, 2.45) is 0 Å². The normalized spacial score (nSPS) is 9.95. The molecule has 4 nitrogen and oxygen atoms in total. The van der Waals surface area contributed by atoms with Gasteiger partial charge in [0.05, 0.1) is 19.2 Å². The van der Waals surface area contributed by atoms with Crippen molar-refractivity contribution in [1.29, 1.82) is 0 Å². The first kappa shape index (κ1) is 13.0. The molecule has 1 amide bonds. The van der Waals surface area contributed by atoms with Crippen LogP contribution in [0.25, 0.3) is 0 Å². The zero-order chi connectivity index (χ0) is 13.7. The first-order chi connectivity index (χ1) is 9.19. The van der Waals surface area contributed by atoms with Gasteiger partial charge in [0.1, 0.15) is 5.75 Å². The van der Waals surface area contributed by atoms with E-state index in [1.807, 2.05) is 30.3 Å². The summed E-state index contributed by atoms with van der Waals surface area (Å²) in [6.45, 7) is 0. The van der Waals surface area contributed by atoms with Gasteiger partial charge in [0.2, 0.25) is 5.91 Å². The van der Waals surface area contributed by atoms with Gasteiger partial charge < -0.3 is 15.8 Å². The molecule has 0 aromatic heterocycles. The summed E-state index contributed by atoms with van der Waals surface area (Å²) < 4.78 is 5.06. The fourth-order valence-corrected chi connectivity index (χ4v) is 1.80. The molecule has 2 aromatic carbocycles. The molecule has 2 rings (SSSR count). The molecule has 0 radical (unpaired) electrons. The smallest absolute Gasteiger partial charge is 0.228 e. The number of nitrogen functional groups attached to an aromatic ring is 1. The van der Waals surface area contributed by atoms with Crippen molar-refractivity contribution in [1.82, 2.24) is 0 Å². The maximum absolute atomic E-state index is 11.9. The Morgan fingerprint density at radius 2 is 1.95 bits per heavy atom. The average Bonchev–Trinajstić information content (AvgIpc) is 2.40. The van der Waals surface area contributed by atoms with Gasteiger partial charge in [-0.25, -0.2) is 0 Å². The molecule has 0 saturated heterocycles. The van der Waals surface area contributed by atoms with Gasteiger partial charge in [0, 0.05) is 5.69 Å². The lowest BCUT2D eigenvalue weighted by atomic mass is 10.1. The van der Waals surface area contributed by atoms with E-state index in [-0.39, 0.29) is 5.91 Å². The molecule has 98 valence electrons. The number of hydrogen-bond acceptors (Lipinski definition) is 3. The topological polar surface area (TPSA) is 64.3 Å². The fraction of sp³-hybridized carbons (Fsp3) is 0.133. The summed E-state index contributed by atoms with van der Waals surface area (Å²) in [5.41, 5.74) is 7.92. The molecular formula is C15H16N2O2. The second kappa shape index (κ2) is 5.91. The molecule has 3 N–H and O–H groups in total. The molecule has 0 heterocycles. The molecule has 2 aromatic rings. The van der Waals surface area contributed by atoms with Crippen molar-refractivity contribution in [3.05, 3.63) is 54.1 Å². The predicted molar refractivity (Wildman–Crippen MR) is 76.2 cm³/mol. The van der Waals surface area contributed by atoms with Crippen LogP contribution in [0.4, 0.5) is 11.4 Å². The lowest BCUT2D eigenvalue weighted by molar-refractivity contribution is -0.115. The van der Waals surface area contributed by atoms with Crippen molar-refractivity contribution in [3.8, 4) is 5.75 Å². The molecule has 4 heteroatoms. The van der Waals surface area contributed by atoms with E-state index in [4.69, 9.17) is 10.5 Å². The molecule has 0 aliphatic carbocycles. The van der Waals surface area contributed by atoms with Crippen LogP contribution in [-0.4, -0.2) is 13.0 Å². The minimum absolute atomic E-state index is 0.0734. The molecule has 0 aliphatic rings. The maximum Gasteiger partial charge on any atom is 0.228 e. The summed E-state index contributed by atoms with van der Waals surface area (Å²) in [6.07, 6.45) is 0.340. The van der Waals surface area contributed by atoms with Crippen LogP contribution in [0.3, 0.4) is 0 Å². The van der Waals surface area contributed by atoms with E-state index in [2.05, 4.69) is 5.32 Å². The fourth-order valence-electron chi connectivity index (χ4n) is 1.80. The molecule has 0 saturated carbocycles. The van der Waals surface area contributed by atoms with Gasteiger partial charge in [-0.2, -0.15) is 0 Å². The number of nitrogens with one attached hydrogen (secondary N) is 1. The van der Waals surface area contributed by atoms with E-state index in [0.29, 0.717) is 23.5 Å². The van der Waals surface area contributed by atoms with Gasteiger partial charge in [-0.15, -0.1) is 0 Å². The van der Waals surface area contributed by atoms with E-state index in [9.17, 15) is 4.79 Å². The van der Waals surface area contributed by atoms with E-state index in [1.165, 1.54) is 0 Å². The van der Waals surface area contributed by atoms with E-state index < -0.39 is 0 Å². The summed E-state index contributed by atoms with van der Waals surface area (Å²) in [5, 5.41) is 2.81.